The minimum atomic E-state index is -0.592. The van der Waals surface area contributed by atoms with Gasteiger partial charge in [0.1, 0.15) is 17.9 Å². The summed E-state index contributed by atoms with van der Waals surface area (Å²) in [6.45, 7) is 5.10. The molecule has 31 heavy (non-hydrogen) atoms. The van der Waals surface area contributed by atoms with Crippen LogP contribution in [0.4, 0.5) is 0 Å². The van der Waals surface area contributed by atoms with E-state index in [2.05, 4.69) is 10.2 Å². The molecule has 1 aromatic rings. The molecule has 3 amide bonds. The van der Waals surface area contributed by atoms with Gasteiger partial charge in [0.25, 0.3) is 5.91 Å². The van der Waals surface area contributed by atoms with Crippen molar-refractivity contribution in [3.8, 4) is 5.75 Å². The third-order valence-corrected chi connectivity index (χ3v) is 6.95. The van der Waals surface area contributed by atoms with Gasteiger partial charge in [0.2, 0.25) is 11.8 Å². The molecule has 3 atom stereocenters. The van der Waals surface area contributed by atoms with E-state index in [0.717, 1.165) is 50.3 Å². The molecule has 1 aliphatic carbocycles. The van der Waals surface area contributed by atoms with Crippen molar-refractivity contribution in [2.24, 2.45) is 0 Å². The Morgan fingerprint density at radius 3 is 2.74 bits per heavy atom. The second kappa shape index (κ2) is 8.24. The van der Waals surface area contributed by atoms with Crippen LogP contribution in [0.5, 0.6) is 5.75 Å². The number of likely N-dealkylation sites (tertiary alicyclic amines) is 1. The van der Waals surface area contributed by atoms with Gasteiger partial charge >= 0.3 is 0 Å². The van der Waals surface area contributed by atoms with Crippen LogP contribution in [0.15, 0.2) is 18.2 Å². The molecule has 8 nitrogen and oxygen atoms in total. The zero-order valence-corrected chi connectivity index (χ0v) is 17.8. The van der Waals surface area contributed by atoms with Crippen molar-refractivity contribution >= 4 is 17.7 Å². The Morgan fingerprint density at radius 2 is 1.97 bits per heavy atom. The average Bonchev–Trinajstić information content (AvgIpc) is 3.29. The van der Waals surface area contributed by atoms with Crippen molar-refractivity contribution in [2.75, 3.05) is 19.7 Å². The van der Waals surface area contributed by atoms with Crippen LogP contribution in [-0.4, -0.2) is 71.5 Å². The molecule has 0 spiro atoms. The molecule has 0 aromatic heterocycles. The fourth-order valence-electron chi connectivity index (χ4n) is 5.34. The molecular weight excluding hydrogens is 398 g/mol. The molecule has 2 saturated heterocycles. The zero-order chi connectivity index (χ0) is 21.5. The first-order valence-corrected chi connectivity index (χ1v) is 11.3. The van der Waals surface area contributed by atoms with E-state index in [0.29, 0.717) is 30.7 Å². The molecule has 3 fully saturated rings. The number of carbonyl (C=O) groups is 3. The fourth-order valence-corrected chi connectivity index (χ4v) is 5.34. The molecule has 4 aliphatic rings. The number of piperidine rings is 1. The summed E-state index contributed by atoms with van der Waals surface area (Å²) in [4.78, 5) is 40.5. The van der Waals surface area contributed by atoms with Crippen LogP contribution in [0.3, 0.4) is 0 Å². The van der Waals surface area contributed by atoms with Crippen molar-refractivity contribution < 1.29 is 23.9 Å². The molecule has 1 unspecified atom stereocenters. The van der Waals surface area contributed by atoms with Gasteiger partial charge in [-0.05, 0) is 56.4 Å². The van der Waals surface area contributed by atoms with Crippen molar-refractivity contribution in [3.05, 3.63) is 29.3 Å². The number of rotatable bonds is 6. The summed E-state index contributed by atoms with van der Waals surface area (Å²) in [5.74, 6) is -0.0441. The number of nitrogens with zero attached hydrogens (tertiary/aromatic N) is 2. The van der Waals surface area contributed by atoms with Crippen molar-refractivity contribution in [3.63, 3.8) is 0 Å². The van der Waals surface area contributed by atoms with Crippen LogP contribution in [0.25, 0.3) is 0 Å². The lowest BCUT2D eigenvalue weighted by Crippen LogP contribution is -2.59. The standard InChI is InChI=1S/C23H29N3O5/c1-2-30-16-12-25(13-16)18-4-3-5-20(18)31-15-6-7-17-14(10-15)11-26(23(17)29)19-8-9-21(27)24-22(19)28/h6-7,10,16,18-20H,2-5,8-9,11-13H2,1H3,(H,24,27,28)/t18-,19?,20+/m0/s1. The molecule has 166 valence electrons. The van der Waals surface area contributed by atoms with Crippen molar-refractivity contribution in [1.82, 2.24) is 15.1 Å². The first-order chi connectivity index (χ1) is 15.0. The minimum Gasteiger partial charge on any atom is -0.489 e. The number of amides is 3. The summed E-state index contributed by atoms with van der Waals surface area (Å²) in [7, 11) is 0. The Balaban J connectivity index is 1.24. The molecule has 5 rings (SSSR count). The third kappa shape index (κ3) is 3.83. The lowest BCUT2D eigenvalue weighted by molar-refractivity contribution is -0.136. The Kier molecular flexibility index (Phi) is 5.44. The van der Waals surface area contributed by atoms with E-state index >= 15 is 0 Å². The number of benzene rings is 1. The van der Waals surface area contributed by atoms with Gasteiger partial charge in [0.15, 0.2) is 0 Å². The highest BCUT2D eigenvalue weighted by atomic mass is 16.5. The van der Waals surface area contributed by atoms with E-state index in [1.807, 2.05) is 19.1 Å². The maximum Gasteiger partial charge on any atom is 0.255 e. The fraction of sp³-hybridized carbons (Fsp3) is 0.609. The zero-order valence-electron chi connectivity index (χ0n) is 17.8. The number of nitrogens with one attached hydrogen (secondary N) is 1. The Hall–Kier alpha value is -2.45. The predicted molar refractivity (Wildman–Crippen MR) is 112 cm³/mol. The topological polar surface area (TPSA) is 88.2 Å². The molecule has 0 bridgehead atoms. The van der Waals surface area contributed by atoms with E-state index in [1.54, 1.807) is 11.0 Å². The number of hydrogen-bond acceptors (Lipinski definition) is 6. The highest BCUT2D eigenvalue weighted by Gasteiger charge is 2.41. The minimum absolute atomic E-state index is 0.143. The van der Waals surface area contributed by atoms with Crippen molar-refractivity contribution in [1.29, 1.82) is 0 Å². The largest absolute Gasteiger partial charge is 0.489 e. The van der Waals surface area contributed by atoms with Crippen LogP contribution < -0.4 is 10.1 Å². The van der Waals surface area contributed by atoms with Crippen molar-refractivity contribution in [2.45, 2.75) is 69.9 Å². The van der Waals surface area contributed by atoms with Gasteiger partial charge in [0.05, 0.1) is 6.10 Å². The molecule has 1 saturated carbocycles. The summed E-state index contributed by atoms with van der Waals surface area (Å²) in [5.41, 5.74) is 1.49. The molecule has 0 radical (unpaired) electrons. The van der Waals surface area contributed by atoms with Crippen LogP contribution in [0, 0.1) is 0 Å². The molecule has 1 N–H and O–H groups in total. The summed E-state index contributed by atoms with van der Waals surface area (Å²) >= 11 is 0. The van der Waals surface area contributed by atoms with Gasteiger partial charge in [-0.1, -0.05) is 0 Å². The van der Waals surface area contributed by atoms with E-state index in [1.165, 1.54) is 0 Å². The number of carbonyl (C=O) groups excluding carboxylic acids is 3. The average molecular weight is 428 g/mol. The second-order valence-electron chi connectivity index (χ2n) is 8.90. The highest BCUT2D eigenvalue weighted by molar-refractivity contribution is 6.05. The van der Waals surface area contributed by atoms with Gasteiger partial charge in [-0.3, -0.25) is 24.6 Å². The molecular formula is C23H29N3O5. The highest BCUT2D eigenvalue weighted by Crippen LogP contribution is 2.34. The number of ether oxygens (including phenoxy) is 2. The van der Waals surface area contributed by atoms with Crippen LogP contribution >= 0.6 is 0 Å². The number of imide groups is 1. The summed E-state index contributed by atoms with van der Waals surface area (Å²) in [6, 6.07) is 5.42. The van der Waals surface area contributed by atoms with E-state index in [-0.39, 0.29) is 30.2 Å². The summed E-state index contributed by atoms with van der Waals surface area (Å²) < 4.78 is 12.1. The normalized spacial score (nSPS) is 29.1. The van der Waals surface area contributed by atoms with Crippen LogP contribution in [0.1, 0.15) is 54.9 Å². The van der Waals surface area contributed by atoms with Gasteiger partial charge < -0.3 is 14.4 Å². The first-order valence-electron chi connectivity index (χ1n) is 11.3. The van der Waals surface area contributed by atoms with E-state index in [4.69, 9.17) is 9.47 Å². The lowest BCUT2D eigenvalue weighted by atomic mass is 10.0. The summed E-state index contributed by atoms with van der Waals surface area (Å²) in [5, 5.41) is 2.34. The Bertz CT molecular complexity index is 897. The molecule has 8 heteroatoms. The molecule has 3 aliphatic heterocycles. The molecule has 1 aromatic carbocycles. The van der Waals surface area contributed by atoms with Gasteiger partial charge in [0, 0.05) is 44.3 Å². The van der Waals surface area contributed by atoms with Gasteiger partial charge in [-0.2, -0.15) is 0 Å². The smallest absolute Gasteiger partial charge is 0.255 e. The monoisotopic (exact) mass is 427 g/mol. The third-order valence-electron chi connectivity index (χ3n) is 6.95. The van der Waals surface area contributed by atoms with Gasteiger partial charge in [-0.25, -0.2) is 0 Å². The predicted octanol–water partition coefficient (Wildman–Crippen LogP) is 1.47. The van der Waals surface area contributed by atoms with E-state index in [9.17, 15) is 14.4 Å². The van der Waals surface area contributed by atoms with E-state index < -0.39 is 6.04 Å². The number of fused-ring (bicyclic) bond motifs is 1. The maximum atomic E-state index is 12.9. The quantitative estimate of drug-likeness (QED) is 0.692. The van der Waals surface area contributed by atoms with Gasteiger partial charge in [-0.15, -0.1) is 0 Å². The van der Waals surface area contributed by atoms with Crippen LogP contribution in [-0.2, 0) is 20.9 Å². The number of hydrogen-bond donors (Lipinski definition) is 1. The first kappa shape index (κ1) is 20.5. The van der Waals surface area contributed by atoms with Crippen LogP contribution in [0.2, 0.25) is 0 Å². The lowest BCUT2D eigenvalue weighted by Gasteiger charge is -2.44. The maximum absolute atomic E-state index is 12.9. The summed E-state index contributed by atoms with van der Waals surface area (Å²) in [6.07, 6.45) is 4.43. The Labute approximate surface area is 181 Å². The second-order valence-corrected chi connectivity index (χ2v) is 8.90. The SMILES string of the molecule is CCOC1CN([C@H]2CCC[C@H]2Oc2ccc3c(c2)CN(C2CCC(=O)NC2=O)C3=O)C1. The molecule has 3 heterocycles. The Morgan fingerprint density at radius 1 is 1.13 bits per heavy atom.